The number of piperazine rings is 1. The van der Waals surface area contributed by atoms with E-state index in [-0.39, 0.29) is 11.6 Å². The molecule has 7 nitrogen and oxygen atoms in total. The number of amides is 2. The lowest BCUT2D eigenvalue weighted by Crippen LogP contribution is -2.52. The van der Waals surface area contributed by atoms with Gasteiger partial charge in [-0.05, 0) is 30.7 Å². The van der Waals surface area contributed by atoms with E-state index in [0.717, 1.165) is 22.6 Å². The number of hydrogen-bond donors (Lipinski definition) is 1. The van der Waals surface area contributed by atoms with Crippen molar-refractivity contribution in [3.8, 4) is 5.69 Å². The second-order valence-electron chi connectivity index (χ2n) is 7.40. The second-order valence-corrected chi connectivity index (χ2v) is 7.40. The van der Waals surface area contributed by atoms with Gasteiger partial charge in [-0.25, -0.2) is 4.79 Å². The number of aryl methyl sites for hydroxylation is 1. The summed E-state index contributed by atoms with van der Waals surface area (Å²) in [5.41, 5.74) is 2.78. The number of urea groups is 1. The Bertz CT molecular complexity index is 1050. The molecular weight excluding hydrogens is 378 g/mol. The Morgan fingerprint density at radius 3 is 2.33 bits per heavy atom. The molecule has 0 saturated carbocycles. The molecule has 1 aromatic heterocycles. The van der Waals surface area contributed by atoms with Crippen LogP contribution in [0.5, 0.6) is 0 Å². The summed E-state index contributed by atoms with van der Waals surface area (Å²) in [6, 6.07) is 20.8. The van der Waals surface area contributed by atoms with Gasteiger partial charge in [-0.1, -0.05) is 48.0 Å². The van der Waals surface area contributed by atoms with Crippen molar-refractivity contribution in [2.45, 2.75) is 13.5 Å². The van der Waals surface area contributed by atoms with Gasteiger partial charge in [0.15, 0.2) is 0 Å². The van der Waals surface area contributed by atoms with Crippen LogP contribution in [-0.4, -0.2) is 46.9 Å². The summed E-state index contributed by atoms with van der Waals surface area (Å²) in [5, 5.41) is 7.53. The molecule has 4 rings (SSSR count). The Labute approximate surface area is 175 Å². The van der Waals surface area contributed by atoms with E-state index >= 15 is 0 Å². The molecule has 2 aromatic carbocycles. The lowest BCUT2D eigenvalue weighted by molar-refractivity contribution is 0.193. The summed E-state index contributed by atoms with van der Waals surface area (Å²) < 4.78 is 1.42. The van der Waals surface area contributed by atoms with E-state index in [1.54, 1.807) is 12.1 Å². The van der Waals surface area contributed by atoms with Gasteiger partial charge in [0.25, 0.3) is 5.56 Å². The van der Waals surface area contributed by atoms with Crippen LogP contribution in [0.1, 0.15) is 11.1 Å². The number of anilines is 1. The molecule has 0 unspecified atom stereocenters. The van der Waals surface area contributed by atoms with Crippen LogP contribution >= 0.6 is 0 Å². The molecule has 2 heterocycles. The van der Waals surface area contributed by atoms with Gasteiger partial charge >= 0.3 is 6.03 Å². The molecule has 0 bridgehead atoms. The predicted octanol–water partition coefficient (Wildman–Crippen LogP) is 2.57. The second kappa shape index (κ2) is 8.82. The van der Waals surface area contributed by atoms with Crippen LogP contribution < -0.4 is 15.8 Å². The third kappa shape index (κ3) is 4.51. The zero-order valence-electron chi connectivity index (χ0n) is 17.0. The minimum absolute atomic E-state index is 0.0592. The predicted molar refractivity (Wildman–Crippen MR) is 117 cm³/mol. The van der Waals surface area contributed by atoms with E-state index < -0.39 is 0 Å². The smallest absolute Gasteiger partial charge is 0.317 e. The Kier molecular flexibility index (Phi) is 5.79. The molecule has 0 aliphatic carbocycles. The zero-order chi connectivity index (χ0) is 20.9. The van der Waals surface area contributed by atoms with E-state index in [0.29, 0.717) is 32.7 Å². The van der Waals surface area contributed by atoms with Gasteiger partial charge in [0.2, 0.25) is 0 Å². The van der Waals surface area contributed by atoms with Crippen LogP contribution in [0.15, 0.2) is 71.5 Å². The van der Waals surface area contributed by atoms with Gasteiger partial charge in [-0.15, -0.1) is 5.10 Å². The van der Waals surface area contributed by atoms with Gasteiger partial charge < -0.3 is 15.1 Å². The van der Waals surface area contributed by atoms with E-state index in [9.17, 15) is 9.59 Å². The fraction of sp³-hybridized carbons (Fsp3) is 0.261. The molecule has 7 heteroatoms. The van der Waals surface area contributed by atoms with Crippen molar-refractivity contribution in [1.82, 2.24) is 20.0 Å². The highest BCUT2D eigenvalue weighted by molar-refractivity contribution is 5.74. The number of benzene rings is 2. The normalized spacial score (nSPS) is 13.9. The van der Waals surface area contributed by atoms with Crippen LogP contribution in [0.25, 0.3) is 5.69 Å². The average Bonchev–Trinajstić information content (AvgIpc) is 2.79. The number of nitrogens with zero attached hydrogens (tertiary/aromatic N) is 4. The van der Waals surface area contributed by atoms with Crippen LogP contribution in [0.2, 0.25) is 0 Å². The molecule has 3 aromatic rings. The first kappa shape index (κ1) is 19.7. The first-order chi connectivity index (χ1) is 14.6. The van der Waals surface area contributed by atoms with Crippen molar-refractivity contribution in [1.29, 1.82) is 0 Å². The Hall–Kier alpha value is -3.61. The van der Waals surface area contributed by atoms with Gasteiger partial charge in [0, 0.05) is 38.8 Å². The van der Waals surface area contributed by atoms with Gasteiger partial charge in [0.1, 0.15) is 5.82 Å². The monoisotopic (exact) mass is 403 g/mol. The van der Waals surface area contributed by atoms with Gasteiger partial charge in [-0.3, -0.25) is 4.79 Å². The molecule has 30 heavy (non-hydrogen) atoms. The summed E-state index contributed by atoms with van der Waals surface area (Å²) in [5.74, 6) is 0.736. The van der Waals surface area contributed by atoms with E-state index in [2.05, 4.69) is 15.3 Å². The number of carbonyl (C=O) groups is 1. The molecule has 154 valence electrons. The molecule has 1 saturated heterocycles. The molecular formula is C23H25N5O2. The summed E-state index contributed by atoms with van der Waals surface area (Å²) in [4.78, 5) is 28.7. The van der Waals surface area contributed by atoms with Crippen molar-refractivity contribution in [3.05, 3.63) is 88.2 Å². The summed E-state index contributed by atoms with van der Waals surface area (Å²) in [6.45, 7) is 5.06. The van der Waals surface area contributed by atoms with E-state index in [1.165, 1.54) is 4.68 Å². The zero-order valence-corrected chi connectivity index (χ0v) is 17.0. The van der Waals surface area contributed by atoms with Crippen molar-refractivity contribution < 1.29 is 4.79 Å². The van der Waals surface area contributed by atoms with Crippen molar-refractivity contribution in [3.63, 3.8) is 0 Å². The van der Waals surface area contributed by atoms with Crippen molar-refractivity contribution in [2.24, 2.45) is 0 Å². The first-order valence-corrected chi connectivity index (χ1v) is 10.1. The Balaban J connectivity index is 1.38. The van der Waals surface area contributed by atoms with Crippen LogP contribution in [0.3, 0.4) is 0 Å². The summed E-state index contributed by atoms with van der Waals surface area (Å²) in [7, 11) is 0. The molecule has 0 radical (unpaired) electrons. The largest absolute Gasteiger partial charge is 0.352 e. The van der Waals surface area contributed by atoms with E-state index in [1.807, 2.05) is 66.4 Å². The van der Waals surface area contributed by atoms with Gasteiger partial charge in [0.05, 0.1) is 5.69 Å². The summed E-state index contributed by atoms with van der Waals surface area (Å²) in [6.07, 6.45) is 0. The molecule has 0 atom stereocenters. The number of rotatable bonds is 4. The molecule has 1 aliphatic heterocycles. The minimum atomic E-state index is -0.165. The molecule has 1 aliphatic rings. The highest BCUT2D eigenvalue weighted by Crippen LogP contribution is 2.14. The minimum Gasteiger partial charge on any atom is -0.352 e. The lowest BCUT2D eigenvalue weighted by Gasteiger charge is -2.35. The Morgan fingerprint density at radius 2 is 1.63 bits per heavy atom. The topological polar surface area (TPSA) is 70.5 Å². The van der Waals surface area contributed by atoms with Crippen LogP contribution in [0, 0.1) is 6.92 Å². The van der Waals surface area contributed by atoms with Crippen LogP contribution in [-0.2, 0) is 6.54 Å². The molecule has 1 fully saturated rings. The van der Waals surface area contributed by atoms with Gasteiger partial charge in [-0.2, -0.15) is 4.68 Å². The Morgan fingerprint density at radius 1 is 0.933 bits per heavy atom. The highest BCUT2D eigenvalue weighted by atomic mass is 16.2. The highest BCUT2D eigenvalue weighted by Gasteiger charge is 2.22. The maximum absolute atomic E-state index is 12.5. The number of hydrogen-bond acceptors (Lipinski definition) is 4. The maximum atomic E-state index is 12.5. The fourth-order valence-corrected chi connectivity index (χ4v) is 3.47. The average molecular weight is 403 g/mol. The number of nitrogens with one attached hydrogen (secondary N) is 1. The molecule has 2 amide bonds. The lowest BCUT2D eigenvalue weighted by atomic mass is 10.2. The van der Waals surface area contributed by atoms with Crippen molar-refractivity contribution >= 4 is 11.8 Å². The van der Waals surface area contributed by atoms with E-state index in [4.69, 9.17) is 0 Å². The summed E-state index contributed by atoms with van der Waals surface area (Å²) >= 11 is 0. The standard InChI is InChI=1S/C23H25N5O2/c1-18-7-9-20(10-8-18)28-22(29)12-11-21(25-28)26-13-15-27(16-14-26)23(30)24-17-19-5-3-2-4-6-19/h2-12H,13-17H2,1H3,(H,24,30). The number of carbonyl (C=O) groups excluding carboxylic acids is 1. The molecule has 0 spiro atoms. The fourth-order valence-electron chi connectivity index (χ4n) is 3.47. The SMILES string of the molecule is Cc1ccc(-n2nc(N3CCN(C(=O)NCc4ccccc4)CC3)ccc2=O)cc1. The van der Waals surface area contributed by atoms with Crippen molar-refractivity contribution in [2.75, 3.05) is 31.1 Å². The first-order valence-electron chi connectivity index (χ1n) is 10.1. The van der Waals surface area contributed by atoms with Crippen LogP contribution in [0.4, 0.5) is 10.6 Å². The third-order valence-corrected chi connectivity index (χ3v) is 5.24. The maximum Gasteiger partial charge on any atom is 0.317 e. The number of aromatic nitrogens is 2. The molecule has 1 N–H and O–H groups in total. The third-order valence-electron chi connectivity index (χ3n) is 5.24. The quantitative estimate of drug-likeness (QED) is 0.727.